The quantitative estimate of drug-likeness (QED) is 0.798. The summed E-state index contributed by atoms with van der Waals surface area (Å²) in [4.78, 5) is 4.46. The summed E-state index contributed by atoms with van der Waals surface area (Å²) < 4.78 is 0. The van der Waals surface area contributed by atoms with Crippen LogP contribution in [0.2, 0.25) is 0 Å². The van der Waals surface area contributed by atoms with Gasteiger partial charge in [-0.1, -0.05) is 45.9 Å². The minimum atomic E-state index is 0.176. The van der Waals surface area contributed by atoms with E-state index in [1.807, 2.05) is 12.3 Å². The van der Waals surface area contributed by atoms with Crippen LogP contribution in [0.3, 0.4) is 0 Å². The van der Waals surface area contributed by atoms with Crippen LogP contribution in [0.25, 0.3) is 10.9 Å². The number of hydrogen-bond donors (Lipinski definition) is 1. The minimum Gasteiger partial charge on any atom is -0.316 e. The van der Waals surface area contributed by atoms with Gasteiger partial charge in [0.15, 0.2) is 0 Å². The van der Waals surface area contributed by atoms with Crippen LogP contribution in [0, 0.1) is 5.92 Å². The summed E-state index contributed by atoms with van der Waals surface area (Å²) in [6.07, 6.45) is 3.00. The van der Waals surface area contributed by atoms with Crippen LogP contribution >= 0.6 is 0 Å². The Balaban J connectivity index is 2.06. The molecule has 2 rings (SSSR count). The van der Waals surface area contributed by atoms with Gasteiger partial charge >= 0.3 is 0 Å². The van der Waals surface area contributed by atoms with Gasteiger partial charge in [0.05, 0.1) is 5.52 Å². The van der Waals surface area contributed by atoms with Crippen molar-refractivity contribution >= 4 is 10.9 Å². The van der Waals surface area contributed by atoms with Crippen LogP contribution in [-0.2, 0) is 5.41 Å². The third kappa shape index (κ3) is 3.80. The summed E-state index contributed by atoms with van der Waals surface area (Å²) in [5.41, 5.74) is 2.64. The second kappa shape index (κ2) is 6.36. The maximum atomic E-state index is 4.46. The van der Waals surface area contributed by atoms with Gasteiger partial charge in [0, 0.05) is 11.6 Å². The molecule has 1 heterocycles. The molecule has 0 fully saturated rings. The molecule has 2 aromatic rings. The Morgan fingerprint density at radius 2 is 2.00 bits per heavy atom. The zero-order chi connectivity index (χ0) is 14.6. The van der Waals surface area contributed by atoms with Gasteiger partial charge in [-0.25, -0.2) is 0 Å². The number of nitrogens with one attached hydrogen (secondary N) is 1. The lowest BCUT2D eigenvalue weighted by Gasteiger charge is -2.26. The Morgan fingerprint density at radius 1 is 1.20 bits per heavy atom. The molecular weight excluding hydrogens is 244 g/mol. The van der Waals surface area contributed by atoms with E-state index in [4.69, 9.17) is 0 Å². The molecule has 0 amide bonds. The molecule has 0 aliphatic rings. The highest BCUT2D eigenvalue weighted by Crippen LogP contribution is 2.28. The number of rotatable bonds is 6. The monoisotopic (exact) mass is 270 g/mol. The van der Waals surface area contributed by atoms with E-state index in [1.165, 1.54) is 10.9 Å². The lowest BCUT2D eigenvalue weighted by atomic mass is 9.81. The molecule has 0 bridgehead atoms. The van der Waals surface area contributed by atoms with Crippen LogP contribution in [0.1, 0.15) is 39.7 Å². The Labute approximate surface area is 122 Å². The number of nitrogens with zero attached hydrogens (tertiary/aromatic N) is 1. The predicted octanol–water partition coefficient (Wildman–Crippen LogP) is 4.15. The fourth-order valence-corrected chi connectivity index (χ4v) is 2.42. The molecule has 1 N–H and O–H groups in total. The van der Waals surface area contributed by atoms with Crippen molar-refractivity contribution in [1.29, 1.82) is 0 Å². The van der Waals surface area contributed by atoms with Gasteiger partial charge < -0.3 is 5.32 Å². The average Bonchev–Trinajstić information content (AvgIpc) is 2.43. The molecule has 0 unspecified atom stereocenters. The van der Waals surface area contributed by atoms with E-state index >= 15 is 0 Å². The Bertz CT molecular complexity index is 558. The number of hydrogen-bond acceptors (Lipinski definition) is 2. The largest absolute Gasteiger partial charge is 0.316 e. The van der Waals surface area contributed by atoms with E-state index in [9.17, 15) is 0 Å². The fourth-order valence-electron chi connectivity index (χ4n) is 2.42. The second-order valence-corrected chi connectivity index (χ2v) is 6.64. The minimum absolute atomic E-state index is 0.176. The summed E-state index contributed by atoms with van der Waals surface area (Å²) in [5.74, 6) is 0.711. The molecule has 20 heavy (non-hydrogen) atoms. The predicted molar refractivity (Wildman–Crippen MR) is 87.1 cm³/mol. The van der Waals surface area contributed by atoms with Crippen LogP contribution in [0.4, 0.5) is 0 Å². The topological polar surface area (TPSA) is 24.9 Å². The molecule has 2 nitrogen and oxygen atoms in total. The molecule has 0 spiro atoms. The van der Waals surface area contributed by atoms with E-state index in [1.54, 1.807) is 0 Å². The van der Waals surface area contributed by atoms with E-state index in [-0.39, 0.29) is 5.41 Å². The van der Waals surface area contributed by atoms with Gasteiger partial charge in [-0.05, 0) is 48.5 Å². The van der Waals surface area contributed by atoms with Gasteiger partial charge in [0.2, 0.25) is 0 Å². The van der Waals surface area contributed by atoms with Crippen LogP contribution in [0.5, 0.6) is 0 Å². The first-order valence-electron chi connectivity index (χ1n) is 7.55. The Hall–Kier alpha value is -1.41. The molecule has 0 radical (unpaired) electrons. The highest BCUT2D eigenvalue weighted by Gasteiger charge is 2.20. The molecule has 0 saturated carbocycles. The van der Waals surface area contributed by atoms with Crippen molar-refractivity contribution < 1.29 is 0 Å². The molecular formula is C18H26N2. The van der Waals surface area contributed by atoms with Crippen molar-refractivity contribution in [3.8, 4) is 0 Å². The van der Waals surface area contributed by atoms with E-state index in [0.29, 0.717) is 5.92 Å². The molecule has 2 heteroatoms. The van der Waals surface area contributed by atoms with Crippen molar-refractivity contribution in [1.82, 2.24) is 10.3 Å². The van der Waals surface area contributed by atoms with Gasteiger partial charge in [0.25, 0.3) is 0 Å². The highest BCUT2D eigenvalue weighted by atomic mass is 14.9. The molecule has 0 aliphatic carbocycles. The summed E-state index contributed by atoms with van der Waals surface area (Å²) in [7, 11) is 0. The standard InChI is InChI=1S/C18H26N2/c1-14(2)13-19-11-9-18(3,4)16-8-7-15-6-5-10-20-17(15)12-16/h5-8,10,12,14,19H,9,11,13H2,1-4H3. The molecule has 0 saturated heterocycles. The van der Waals surface area contributed by atoms with Gasteiger partial charge in [-0.2, -0.15) is 0 Å². The first-order valence-corrected chi connectivity index (χ1v) is 7.55. The third-order valence-corrected chi connectivity index (χ3v) is 3.87. The van der Waals surface area contributed by atoms with Gasteiger partial charge in [0.1, 0.15) is 0 Å². The van der Waals surface area contributed by atoms with Gasteiger partial charge in [-0.15, -0.1) is 0 Å². The smallest absolute Gasteiger partial charge is 0.0704 e. The molecule has 108 valence electrons. The van der Waals surface area contributed by atoms with Crippen LogP contribution < -0.4 is 5.32 Å². The van der Waals surface area contributed by atoms with Crippen LogP contribution in [0.15, 0.2) is 36.5 Å². The summed E-state index contributed by atoms with van der Waals surface area (Å²) in [5, 5.41) is 4.75. The fraction of sp³-hybridized carbons (Fsp3) is 0.500. The third-order valence-electron chi connectivity index (χ3n) is 3.87. The first-order chi connectivity index (χ1) is 9.49. The Morgan fingerprint density at radius 3 is 2.75 bits per heavy atom. The average molecular weight is 270 g/mol. The van der Waals surface area contributed by atoms with Crippen molar-refractivity contribution in [2.24, 2.45) is 5.92 Å². The maximum absolute atomic E-state index is 4.46. The number of pyridine rings is 1. The molecule has 1 aromatic carbocycles. The molecule has 0 atom stereocenters. The lowest BCUT2D eigenvalue weighted by Crippen LogP contribution is -2.27. The number of aromatic nitrogens is 1. The molecule has 1 aromatic heterocycles. The lowest BCUT2D eigenvalue weighted by molar-refractivity contribution is 0.442. The maximum Gasteiger partial charge on any atom is 0.0704 e. The number of fused-ring (bicyclic) bond motifs is 1. The van der Waals surface area contributed by atoms with Crippen LogP contribution in [-0.4, -0.2) is 18.1 Å². The van der Waals surface area contributed by atoms with Crippen molar-refractivity contribution in [2.45, 2.75) is 39.5 Å². The first kappa shape index (κ1) is 15.0. The summed E-state index contributed by atoms with van der Waals surface area (Å²) in [6, 6.07) is 10.8. The Kier molecular flexibility index (Phi) is 4.77. The van der Waals surface area contributed by atoms with Crippen molar-refractivity contribution in [2.75, 3.05) is 13.1 Å². The SMILES string of the molecule is CC(C)CNCCC(C)(C)c1ccc2cccnc2c1. The van der Waals surface area contributed by atoms with Gasteiger partial charge in [-0.3, -0.25) is 4.98 Å². The zero-order valence-corrected chi connectivity index (χ0v) is 13.1. The molecule has 0 aliphatic heterocycles. The zero-order valence-electron chi connectivity index (χ0n) is 13.1. The summed E-state index contributed by atoms with van der Waals surface area (Å²) in [6.45, 7) is 11.3. The number of benzene rings is 1. The van der Waals surface area contributed by atoms with E-state index in [2.05, 4.69) is 62.3 Å². The highest BCUT2D eigenvalue weighted by molar-refractivity contribution is 5.79. The van der Waals surface area contributed by atoms with Crippen molar-refractivity contribution in [3.05, 3.63) is 42.1 Å². The second-order valence-electron chi connectivity index (χ2n) is 6.64. The van der Waals surface area contributed by atoms with E-state index in [0.717, 1.165) is 25.0 Å². The normalized spacial score (nSPS) is 12.2. The van der Waals surface area contributed by atoms with Crippen molar-refractivity contribution in [3.63, 3.8) is 0 Å². The van der Waals surface area contributed by atoms with E-state index < -0.39 is 0 Å². The summed E-state index contributed by atoms with van der Waals surface area (Å²) >= 11 is 0.